The Morgan fingerprint density at radius 1 is 1.25 bits per heavy atom. The van der Waals surface area contributed by atoms with E-state index in [0.29, 0.717) is 57.9 Å². The molecule has 3 heterocycles. The van der Waals surface area contributed by atoms with E-state index in [1.165, 1.54) is 10.9 Å². The van der Waals surface area contributed by atoms with Gasteiger partial charge in [0.1, 0.15) is 25.1 Å². The second-order valence-corrected chi connectivity index (χ2v) is 12.2. The molecule has 0 spiro atoms. The van der Waals surface area contributed by atoms with Crippen LogP contribution in [0.3, 0.4) is 0 Å². The molecular formula is C28H30BClF2N8. The summed E-state index contributed by atoms with van der Waals surface area (Å²) in [5, 5.41) is 26.4. The third kappa shape index (κ3) is 4.97. The van der Waals surface area contributed by atoms with Gasteiger partial charge >= 0.3 is 0 Å². The Kier molecular flexibility index (Phi) is 6.95. The lowest BCUT2D eigenvalue weighted by atomic mass is 9.69. The molecule has 0 saturated heterocycles. The monoisotopic (exact) mass is 562 g/mol. The highest BCUT2D eigenvalue weighted by Crippen LogP contribution is 2.48. The first-order valence-electron chi connectivity index (χ1n) is 13.1. The number of aromatic nitrogens is 5. The van der Waals surface area contributed by atoms with Crippen LogP contribution < -0.4 is 10.6 Å². The maximum absolute atomic E-state index is 13.9. The summed E-state index contributed by atoms with van der Waals surface area (Å²) in [6, 6.07) is 9.60. The highest BCUT2D eigenvalue weighted by molar-refractivity contribution is 6.36. The van der Waals surface area contributed by atoms with E-state index >= 15 is 0 Å². The zero-order valence-corrected chi connectivity index (χ0v) is 23.8. The molecule has 0 amide bonds. The molecule has 1 aromatic carbocycles. The second kappa shape index (κ2) is 10.0. The molecule has 1 saturated carbocycles. The number of anilines is 2. The highest BCUT2D eigenvalue weighted by Gasteiger charge is 2.54. The van der Waals surface area contributed by atoms with Crippen LogP contribution in [0.5, 0.6) is 0 Å². The van der Waals surface area contributed by atoms with Crippen molar-refractivity contribution in [3.63, 3.8) is 0 Å². The topological polar surface area (TPSA) is 104 Å². The molecule has 8 nitrogen and oxygen atoms in total. The maximum atomic E-state index is 13.9. The zero-order valence-electron chi connectivity index (χ0n) is 23.1. The summed E-state index contributed by atoms with van der Waals surface area (Å²) < 4.78 is 29.0. The van der Waals surface area contributed by atoms with Crippen LogP contribution in [0.1, 0.15) is 56.1 Å². The Balaban J connectivity index is 1.64. The van der Waals surface area contributed by atoms with Gasteiger partial charge in [0.2, 0.25) is 0 Å². The fourth-order valence-electron chi connectivity index (χ4n) is 4.92. The van der Waals surface area contributed by atoms with Gasteiger partial charge in [-0.15, -0.1) is 5.10 Å². The number of fused-ring (bicyclic) bond motifs is 1. The van der Waals surface area contributed by atoms with Crippen molar-refractivity contribution in [2.24, 2.45) is 5.41 Å². The van der Waals surface area contributed by atoms with Crippen molar-refractivity contribution in [1.82, 2.24) is 25.0 Å². The Labute approximate surface area is 237 Å². The van der Waals surface area contributed by atoms with E-state index < -0.39 is 17.4 Å². The summed E-state index contributed by atoms with van der Waals surface area (Å²) in [6.45, 7) is 8.81. The van der Waals surface area contributed by atoms with Gasteiger partial charge in [0, 0.05) is 35.7 Å². The van der Waals surface area contributed by atoms with Gasteiger partial charge in [0.05, 0.1) is 33.4 Å². The van der Waals surface area contributed by atoms with Crippen molar-refractivity contribution in [1.29, 1.82) is 5.26 Å². The van der Waals surface area contributed by atoms with Crippen LogP contribution in [-0.4, -0.2) is 45.8 Å². The smallest absolute Gasteiger partial charge is 0.263 e. The molecule has 0 radical (unpaired) electrons. The lowest BCUT2D eigenvalue weighted by Crippen LogP contribution is -2.39. The first kappa shape index (κ1) is 27.8. The quantitative estimate of drug-likeness (QED) is 0.284. The summed E-state index contributed by atoms with van der Waals surface area (Å²) in [6.07, 6.45) is 2.96. The minimum atomic E-state index is -2.54. The number of nitrogens with one attached hydrogen (secondary N) is 2. The van der Waals surface area contributed by atoms with Gasteiger partial charge in [-0.25, -0.2) is 13.5 Å². The SMILES string of the molecule is BC(Nc1cc(Cl)c2ncc(C#N)c(NCC(C)(C)C)c2c1)(c1cn(C2(C(F)F)CC2)nn1)c1cccnc1C. The van der Waals surface area contributed by atoms with Crippen LogP contribution in [0.2, 0.25) is 5.02 Å². The number of hydrogen-bond acceptors (Lipinski definition) is 7. The third-order valence-electron chi connectivity index (χ3n) is 7.41. The predicted molar refractivity (Wildman–Crippen MR) is 155 cm³/mol. The molecule has 2 N–H and O–H groups in total. The minimum Gasteiger partial charge on any atom is -0.383 e. The molecule has 1 unspecified atom stereocenters. The summed E-state index contributed by atoms with van der Waals surface area (Å²) in [5.74, 6) is 0. The Morgan fingerprint density at radius 3 is 2.62 bits per heavy atom. The third-order valence-corrected chi connectivity index (χ3v) is 7.70. The molecule has 0 bridgehead atoms. The molecule has 206 valence electrons. The van der Waals surface area contributed by atoms with Crippen molar-refractivity contribution < 1.29 is 8.78 Å². The second-order valence-electron chi connectivity index (χ2n) is 11.8. The summed E-state index contributed by atoms with van der Waals surface area (Å²) in [7, 11) is 1.91. The fraction of sp³-hybridized carbons (Fsp3) is 0.393. The molecule has 4 aromatic rings. The lowest BCUT2D eigenvalue weighted by molar-refractivity contribution is 0.0593. The molecule has 1 aliphatic carbocycles. The average molecular weight is 563 g/mol. The van der Waals surface area contributed by atoms with E-state index in [0.717, 1.165) is 11.3 Å². The molecular weight excluding hydrogens is 533 g/mol. The van der Waals surface area contributed by atoms with Gasteiger partial charge in [0.15, 0.2) is 0 Å². The van der Waals surface area contributed by atoms with Crippen LogP contribution in [0.4, 0.5) is 20.2 Å². The number of halogens is 3. The van der Waals surface area contributed by atoms with Crippen LogP contribution >= 0.6 is 11.6 Å². The number of alkyl halides is 2. The number of hydrogen-bond donors (Lipinski definition) is 2. The van der Waals surface area contributed by atoms with E-state index in [4.69, 9.17) is 11.6 Å². The van der Waals surface area contributed by atoms with Gasteiger partial charge in [0.25, 0.3) is 6.43 Å². The number of nitriles is 1. The molecule has 5 rings (SSSR count). The van der Waals surface area contributed by atoms with E-state index in [1.54, 1.807) is 18.5 Å². The summed E-state index contributed by atoms with van der Waals surface area (Å²) in [4.78, 5) is 8.91. The van der Waals surface area contributed by atoms with Gasteiger partial charge in [-0.2, -0.15) is 5.26 Å². The van der Waals surface area contributed by atoms with Crippen LogP contribution in [0.15, 0.2) is 42.9 Å². The Morgan fingerprint density at radius 2 is 2.00 bits per heavy atom. The largest absolute Gasteiger partial charge is 0.383 e. The van der Waals surface area contributed by atoms with Gasteiger partial charge < -0.3 is 10.6 Å². The fourth-order valence-corrected chi connectivity index (χ4v) is 5.19. The number of nitrogens with zero attached hydrogens (tertiary/aromatic N) is 6. The minimum absolute atomic E-state index is 0.0403. The van der Waals surface area contributed by atoms with Crippen molar-refractivity contribution >= 4 is 41.7 Å². The number of pyridine rings is 2. The van der Waals surface area contributed by atoms with E-state index in [1.807, 2.05) is 33.0 Å². The first-order valence-corrected chi connectivity index (χ1v) is 13.4. The molecule has 0 aliphatic heterocycles. The molecule has 12 heteroatoms. The van der Waals surface area contributed by atoms with Crippen molar-refractivity contribution in [3.8, 4) is 6.07 Å². The van der Waals surface area contributed by atoms with Crippen LogP contribution in [0, 0.1) is 23.7 Å². The van der Waals surface area contributed by atoms with Gasteiger partial charge in [-0.1, -0.05) is 43.7 Å². The van der Waals surface area contributed by atoms with Crippen molar-refractivity contribution in [3.05, 3.63) is 70.4 Å². The molecule has 3 aromatic heterocycles. The van der Waals surface area contributed by atoms with E-state index in [2.05, 4.69) is 57.8 Å². The maximum Gasteiger partial charge on any atom is 0.263 e. The standard InChI is InChI=1S/C28H30BClF2N8/c1-16-20(6-5-9-34-16)28(29,22-14-40(39-38-22)27(7-8-27)25(31)32)37-18-10-19-23(36-15-26(2,3)4)17(12-33)13-35-24(19)21(30)11-18/h5-6,9-11,13-14,25,37H,7-8,15,29H2,1-4H3,(H,35,36). The van der Waals surface area contributed by atoms with Crippen molar-refractivity contribution in [2.75, 3.05) is 17.2 Å². The van der Waals surface area contributed by atoms with Crippen LogP contribution in [0.25, 0.3) is 10.9 Å². The van der Waals surface area contributed by atoms with Gasteiger partial charge in [-0.05, 0) is 48.9 Å². The summed E-state index contributed by atoms with van der Waals surface area (Å²) >= 11 is 6.74. The summed E-state index contributed by atoms with van der Waals surface area (Å²) in [5.41, 5.74) is 1.88. The van der Waals surface area contributed by atoms with E-state index in [9.17, 15) is 14.0 Å². The highest BCUT2D eigenvalue weighted by atomic mass is 35.5. The Hall–Kier alpha value is -3.78. The van der Waals surface area contributed by atoms with E-state index in [-0.39, 0.29) is 5.41 Å². The Bertz CT molecular complexity index is 1620. The number of benzene rings is 1. The zero-order chi connectivity index (χ0) is 28.9. The number of rotatable bonds is 8. The molecule has 1 aliphatic rings. The first-order chi connectivity index (χ1) is 18.9. The average Bonchev–Trinajstić information content (AvgIpc) is 3.56. The lowest BCUT2D eigenvalue weighted by Gasteiger charge is -2.32. The van der Waals surface area contributed by atoms with Crippen LogP contribution in [-0.2, 0) is 11.0 Å². The molecule has 1 fully saturated rings. The molecule has 1 atom stereocenters. The molecule has 40 heavy (non-hydrogen) atoms. The predicted octanol–water partition coefficient (Wildman–Crippen LogP) is 5.21. The van der Waals surface area contributed by atoms with Crippen molar-refractivity contribution in [2.45, 2.75) is 57.9 Å². The normalized spacial score (nSPS) is 16.0. The number of aryl methyl sites for hydroxylation is 1. The van der Waals surface area contributed by atoms with Gasteiger partial charge in [-0.3, -0.25) is 9.97 Å².